The Kier molecular flexibility index (Phi) is 17.7. The number of aromatic nitrogens is 8. The van der Waals surface area contributed by atoms with Crippen molar-refractivity contribution in [3.63, 3.8) is 0 Å². The van der Waals surface area contributed by atoms with Crippen LogP contribution >= 0.6 is 0 Å². The Hall–Kier alpha value is -18.8. The molecule has 0 bridgehead atoms. The minimum absolute atomic E-state index is 0.635. The van der Waals surface area contributed by atoms with Gasteiger partial charge in [-0.25, -0.2) is 19.9 Å². The minimum Gasteiger partial charge on any atom is -0.309 e. The molecule has 6 aromatic heterocycles. The van der Waals surface area contributed by atoms with Crippen LogP contribution in [0.2, 0.25) is 0 Å². The molecular formula is C132H80N8. The SMILES string of the molecule is c1ccc2c(-c3cc(-c4cccc5ccccc45)nc(-n4c5ccccc5c5cc(-c6ccc7c(c6)c6ccccc6n7-c6ccc7c8ccccc8c8ccccc8c7c6)ccc54)n3)cccc2c1.c1ccc2c(-c3cc(-c4cccc5ccccc45)nc(-n4c5ccccc5c5cc(-c6ccc7c(c6)c6ccccc6n7-c6cccc7c8ccccc8c8ccccc8c67)ccc54)n3)cccc2c1. The highest BCUT2D eigenvalue weighted by Crippen LogP contribution is 2.48. The maximum Gasteiger partial charge on any atom is 0.235 e. The van der Waals surface area contributed by atoms with Crippen LogP contribution in [0.25, 0.3) is 286 Å². The maximum atomic E-state index is 5.47. The van der Waals surface area contributed by atoms with Gasteiger partial charge in [0.1, 0.15) is 0 Å². The minimum atomic E-state index is 0.635. The van der Waals surface area contributed by atoms with Crippen molar-refractivity contribution in [1.29, 1.82) is 0 Å². The average molecular weight is 1780 g/mol. The van der Waals surface area contributed by atoms with Gasteiger partial charge in [0.05, 0.1) is 72.6 Å². The summed E-state index contributed by atoms with van der Waals surface area (Å²) < 4.78 is 9.43. The number of hydrogen-bond donors (Lipinski definition) is 0. The van der Waals surface area contributed by atoms with Crippen LogP contribution in [-0.4, -0.2) is 38.2 Å². The van der Waals surface area contributed by atoms with Gasteiger partial charge in [0.25, 0.3) is 0 Å². The predicted molar refractivity (Wildman–Crippen MR) is 589 cm³/mol. The van der Waals surface area contributed by atoms with Crippen LogP contribution in [0.3, 0.4) is 0 Å². The number of fused-ring (bicyclic) bond motifs is 28. The topological polar surface area (TPSA) is 71.3 Å². The molecule has 0 unspecified atom stereocenters. The fourth-order valence-corrected chi connectivity index (χ4v) is 23.2. The third kappa shape index (κ3) is 12.3. The number of para-hydroxylation sites is 4. The van der Waals surface area contributed by atoms with Crippen molar-refractivity contribution >= 4 is 195 Å². The highest BCUT2D eigenvalue weighted by atomic mass is 15.2. The highest BCUT2D eigenvalue weighted by molar-refractivity contribution is 6.29. The first-order chi connectivity index (χ1) is 69.4. The summed E-state index contributed by atoms with van der Waals surface area (Å²) in [6.45, 7) is 0. The second-order valence-corrected chi connectivity index (χ2v) is 36.9. The number of hydrogen-bond acceptors (Lipinski definition) is 4. The molecular weight excluding hydrogens is 1700 g/mol. The Balaban J connectivity index is 0.000000134. The van der Waals surface area contributed by atoms with E-state index < -0.39 is 0 Å². The first kappa shape index (κ1) is 78.7. The molecule has 0 aliphatic heterocycles. The van der Waals surface area contributed by atoms with Crippen molar-refractivity contribution in [2.75, 3.05) is 0 Å². The molecule has 0 aliphatic rings. The predicted octanol–water partition coefficient (Wildman–Crippen LogP) is 34.9. The number of nitrogens with zero attached hydrogens (tertiary/aromatic N) is 8. The molecule has 30 rings (SSSR count). The zero-order valence-electron chi connectivity index (χ0n) is 75.8. The molecule has 0 radical (unpaired) electrons. The summed E-state index contributed by atoms with van der Waals surface area (Å²) in [5, 5.41) is 34.1. The van der Waals surface area contributed by atoms with Gasteiger partial charge in [-0.1, -0.05) is 382 Å². The van der Waals surface area contributed by atoms with E-state index in [1.54, 1.807) is 0 Å². The monoisotopic (exact) mass is 1780 g/mol. The van der Waals surface area contributed by atoms with E-state index >= 15 is 0 Å². The molecule has 0 atom stereocenters. The highest BCUT2D eigenvalue weighted by Gasteiger charge is 2.26. The molecule has 0 saturated carbocycles. The average Bonchev–Trinajstić information content (AvgIpc) is 1.60. The van der Waals surface area contributed by atoms with Crippen molar-refractivity contribution in [3.05, 3.63) is 485 Å². The third-order valence-electron chi connectivity index (χ3n) is 29.4. The van der Waals surface area contributed by atoms with Crippen LogP contribution in [-0.2, 0) is 0 Å². The third-order valence-corrected chi connectivity index (χ3v) is 29.4. The van der Waals surface area contributed by atoms with E-state index in [9.17, 15) is 0 Å². The quantitative estimate of drug-likeness (QED) is 0.128. The molecule has 8 heteroatoms. The van der Waals surface area contributed by atoms with E-state index in [4.69, 9.17) is 19.9 Å². The molecule has 24 aromatic carbocycles. The van der Waals surface area contributed by atoms with Crippen molar-refractivity contribution in [2.45, 2.75) is 0 Å². The van der Waals surface area contributed by atoms with Crippen molar-refractivity contribution in [3.8, 4) is 90.6 Å². The van der Waals surface area contributed by atoms with E-state index in [1.807, 2.05) is 0 Å². The van der Waals surface area contributed by atoms with Crippen LogP contribution < -0.4 is 0 Å². The lowest BCUT2D eigenvalue weighted by molar-refractivity contribution is 0.996. The lowest BCUT2D eigenvalue weighted by Crippen LogP contribution is -2.04. The van der Waals surface area contributed by atoms with E-state index in [2.05, 4.69) is 504 Å². The maximum absolute atomic E-state index is 5.47. The standard InChI is InChI=1S/2C66H40N4/c1-3-20-45-41(16-1)18-13-28-50(45)58-40-59(51-29-14-19-42-17-2-4-21-46(42)51)68-66(67-58)70-61-32-12-10-26-53(61)57-39-44(35-37-63(57)70)43-34-36-62-56(38-43)52-25-9-11-31-60(52)69(62)64-33-15-30-55-49-23-6-5-22-47(49)48-24-7-8-27-54(48)65(55)64;1-3-19-46-41(15-1)17-13-27-53(46)60-40-61(54-28-14-18-42-16-2-4-20-47(42)54)68-66(67-60)70-63-30-12-10-26-56(63)59-38-44(32-36-65(59)70)43-31-35-64-58(37-43)55-25-9-11-29-62(55)69(64)45-33-34-52-50-23-6-5-21-48(50)49-22-7-8-24-51(49)57(52)39-45/h2*1-40H. The summed E-state index contributed by atoms with van der Waals surface area (Å²) in [6, 6.07) is 176. The Bertz CT molecular complexity index is 10200. The molecule has 30 aromatic rings. The Labute approximate surface area is 803 Å². The van der Waals surface area contributed by atoms with Gasteiger partial charge in [-0.05, 0) is 228 Å². The summed E-state index contributed by atoms with van der Waals surface area (Å²) in [5.74, 6) is 1.27. The number of rotatable bonds is 10. The molecule has 0 fully saturated rings. The van der Waals surface area contributed by atoms with Gasteiger partial charge in [0.15, 0.2) is 0 Å². The van der Waals surface area contributed by atoms with Crippen molar-refractivity contribution < 1.29 is 0 Å². The normalized spacial score (nSPS) is 12.0. The van der Waals surface area contributed by atoms with E-state index in [0.717, 1.165) is 138 Å². The van der Waals surface area contributed by atoms with E-state index in [0.29, 0.717) is 11.9 Å². The fraction of sp³-hybridized carbons (Fsp3) is 0. The zero-order chi connectivity index (χ0) is 91.7. The van der Waals surface area contributed by atoms with Crippen LogP contribution in [0.5, 0.6) is 0 Å². The molecule has 8 nitrogen and oxygen atoms in total. The van der Waals surface area contributed by atoms with Gasteiger partial charge in [-0.2, -0.15) is 0 Å². The Morgan fingerprint density at radius 1 is 0.136 bits per heavy atom. The second-order valence-electron chi connectivity index (χ2n) is 36.9. The second kappa shape index (κ2) is 31.4. The molecule has 0 N–H and O–H groups in total. The Morgan fingerprint density at radius 2 is 0.371 bits per heavy atom. The van der Waals surface area contributed by atoms with Gasteiger partial charge in [-0.3, -0.25) is 9.13 Å². The van der Waals surface area contributed by atoms with Crippen LogP contribution in [0, 0.1) is 0 Å². The molecule has 0 aliphatic carbocycles. The van der Waals surface area contributed by atoms with Crippen LogP contribution in [0.15, 0.2) is 485 Å². The lowest BCUT2D eigenvalue weighted by atomic mass is 9.93. The fourth-order valence-electron chi connectivity index (χ4n) is 23.2. The van der Waals surface area contributed by atoms with Crippen molar-refractivity contribution in [1.82, 2.24) is 38.2 Å². The smallest absolute Gasteiger partial charge is 0.235 e. The van der Waals surface area contributed by atoms with Gasteiger partial charge in [0.2, 0.25) is 11.9 Å². The first-order valence-corrected chi connectivity index (χ1v) is 48.0. The van der Waals surface area contributed by atoms with E-state index in [-0.39, 0.29) is 0 Å². The summed E-state index contributed by atoms with van der Waals surface area (Å²) in [7, 11) is 0. The van der Waals surface area contributed by atoms with E-state index in [1.165, 1.54) is 135 Å². The Morgan fingerprint density at radius 3 is 0.721 bits per heavy atom. The van der Waals surface area contributed by atoms with Gasteiger partial charge in [-0.15, -0.1) is 0 Å². The summed E-state index contributed by atoms with van der Waals surface area (Å²) in [5.41, 5.74) is 23.7. The van der Waals surface area contributed by atoms with Gasteiger partial charge >= 0.3 is 0 Å². The molecule has 6 heterocycles. The summed E-state index contributed by atoms with van der Waals surface area (Å²) in [6.07, 6.45) is 0. The van der Waals surface area contributed by atoms with Gasteiger partial charge < -0.3 is 9.13 Å². The largest absolute Gasteiger partial charge is 0.309 e. The first-order valence-electron chi connectivity index (χ1n) is 48.0. The number of benzene rings is 24. The molecule has 648 valence electrons. The lowest BCUT2D eigenvalue weighted by Gasteiger charge is -2.16. The zero-order valence-corrected chi connectivity index (χ0v) is 75.8. The molecule has 0 amide bonds. The van der Waals surface area contributed by atoms with Crippen LogP contribution in [0.4, 0.5) is 0 Å². The summed E-state index contributed by atoms with van der Waals surface area (Å²) >= 11 is 0. The van der Waals surface area contributed by atoms with Gasteiger partial charge in [0, 0.05) is 76.4 Å². The molecule has 0 saturated heterocycles. The molecule has 140 heavy (non-hydrogen) atoms. The summed E-state index contributed by atoms with van der Waals surface area (Å²) in [4.78, 5) is 21.9. The van der Waals surface area contributed by atoms with Crippen LogP contribution in [0.1, 0.15) is 0 Å². The van der Waals surface area contributed by atoms with Crippen molar-refractivity contribution in [2.24, 2.45) is 0 Å². The molecule has 0 spiro atoms.